The fourth-order valence-corrected chi connectivity index (χ4v) is 5.50. The number of para-hydroxylation sites is 1. The summed E-state index contributed by atoms with van der Waals surface area (Å²) in [6.07, 6.45) is 0. The zero-order valence-corrected chi connectivity index (χ0v) is 17.8. The third-order valence-corrected chi connectivity index (χ3v) is 7.39. The highest BCUT2D eigenvalue weighted by molar-refractivity contribution is 8.00. The Morgan fingerprint density at radius 2 is 1.77 bits per heavy atom. The van der Waals surface area contributed by atoms with E-state index in [0.717, 1.165) is 0 Å². The molecule has 0 radical (unpaired) electrons. The van der Waals surface area contributed by atoms with E-state index >= 15 is 0 Å². The number of hydrogen-bond donors (Lipinski definition) is 1. The molecule has 0 aromatic heterocycles. The van der Waals surface area contributed by atoms with Crippen LogP contribution in [0.4, 0.5) is 15.8 Å². The molecule has 1 saturated heterocycles. The molecule has 1 aliphatic heterocycles. The summed E-state index contributed by atoms with van der Waals surface area (Å²) in [5, 5.41) is -0.0264. The number of carbonyl (C=O) groups is 1. The van der Waals surface area contributed by atoms with Gasteiger partial charge in [-0.15, -0.1) is 11.8 Å². The molecular weight excluding hydrogens is 447 g/mol. The average Bonchev–Trinajstić information content (AvgIpc) is 3.10. The van der Waals surface area contributed by atoms with Crippen LogP contribution in [0.2, 0.25) is 5.02 Å². The van der Waals surface area contributed by atoms with Crippen molar-refractivity contribution in [3.8, 4) is 0 Å². The first-order valence-electron chi connectivity index (χ1n) is 8.92. The van der Waals surface area contributed by atoms with E-state index in [1.165, 1.54) is 47.0 Å². The van der Waals surface area contributed by atoms with E-state index in [1.807, 2.05) is 0 Å². The van der Waals surface area contributed by atoms with E-state index < -0.39 is 21.2 Å². The van der Waals surface area contributed by atoms with Gasteiger partial charge in [-0.05, 0) is 54.1 Å². The lowest BCUT2D eigenvalue weighted by Gasteiger charge is -2.25. The standard InChI is InChI=1S/C21H16ClFN2O3S2/c22-15-8-10-17(11-9-15)30(27,28)24-16-5-3-4-14(12-16)21-25(20(26)13-29-21)19-7-2-1-6-18(19)23/h1-12,21,24H,13H2/t21-/m1/s1. The number of nitrogens with zero attached hydrogens (tertiary/aromatic N) is 1. The van der Waals surface area contributed by atoms with E-state index in [4.69, 9.17) is 11.6 Å². The van der Waals surface area contributed by atoms with Crippen LogP contribution in [0.1, 0.15) is 10.9 Å². The van der Waals surface area contributed by atoms with Crippen LogP contribution >= 0.6 is 23.4 Å². The fraction of sp³-hybridized carbons (Fsp3) is 0.0952. The number of nitrogens with one attached hydrogen (secondary N) is 1. The number of halogens is 2. The van der Waals surface area contributed by atoms with Gasteiger partial charge in [0.2, 0.25) is 5.91 Å². The van der Waals surface area contributed by atoms with E-state index in [0.29, 0.717) is 16.3 Å². The fourth-order valence-electron chi connectivity index (χ4n) is 3.16. The van der Waals surface area contributed by atoms with Crippen molar-refractivity contribution in [2.75, 3.05) is 15.4 Å². The number of hydrogen-bond acceptors (Lipinski definition) is 4. The molecule has 1 fully saturated rings. The van der Waals surface area contributed by atoms with Crippen molar-refractivity contribution in [2.45, 2.75) is 10.3 Å². The Morgan fingerprint density at radius 1 is 1.03 bits per heavy atom. The van der Waals surface area contributed by atoms with Crippen molar-refractivity contribution < 1.29 is 17.6 Å². The van der Waals surface area contributed by atoms with E-state index in [9.17, 15) is 17.6 Å². The topological polar surface area (TPSA) is 66.5 Å². The maximum atomic E-state index is 14.3. The van der Waals surface area contributed by atoms with Gasteiger partial charge in [0.25, 0.3) is 10.0 Å². The van der Waals surface area contributed by atoms with Gasteiger partial charge in [0.1, 0.15) is 11.2 Å². The molecular formula is C21H16ClFN2O3S2. The zero-order valence-electron chi connectivity index (χ0n) is 15.5. The van der Waals surface area contributed by atoms with Gasteiger partial charge in [-0.2, -0.15) is 0 Å². The van der Waals surface area contributed by atoms with Crippen molar-refractivity contribution in [2.24, 2.45) is 0 Å². The molecule has 1 aliphatic rings. The minimum Gasteiger partial charge on any atom is -0.292 e. The molecule has 5 nitrogen and oxygen atoms in total. The first kappa shape index (κ1) is 20.7. The van der Waals surface area contributed by atoms with Crippen molar-refractivity contribution in [3.05, 3.63) is 89.2 Å². The van der Waals surface area contributed by atoms with Gasteiger partial charge in [0.15, 0.2) is 0 Å². The summed E-state index contributed by atoms with van der Waals surface area (Å²) in [6.45, 7) is 0. The van der Waals surface area contributed by atoms with E-state index in [2.05, 4.69) is 4.72 Å². The van der Waals surface area contributed by atoms with Gasteiger partial charge in [0, 0.05) is 10.7 Å². The predicted octanol–water partition coefficient (Wildman–Crippen LogP) is 5.06. The Kier molecular flexibility index (Phi) is 5.73. The number of sulfonamides is 1. The van der Waals surface area contributed by atoms with Crippen LogP contribution in [0.5, 0.6) is 0 Å². The minimum atomic E-state index is -3.81. The van der Waals surface area contributed by atoms with Crippen LogP contribution in [-0.4, -0.2) is 20.1 Å². The normalized spacial score (nSPS) is 16.7. The molecule has 0 spiro atoms. The first-order chi connectivity index (χ1) is 14.3. The number of thioether (sulfide) groups is 1. The quantitative estimate of drug-likeness (QED) is 0.575. The SMILES string of the molecule is O=C1CS[C@H](c2cccc(NS(=O)(=O)c3ccc(Cl)cc3)c2)N1c1ccccc1F. The monoisotopic (exact) mass is 462 g/mol. The third kappa shape index (κ3) is 4.16. The minimum absolute atomic E-state index is 0.0794. The smallest absolute Gasteiger partial charge is 0.261 e. The van der Waals surface area contributed by atoms with Crippen LogP contribution in [0.15, 0.2) is 77.7 Å². The average molecular weight is 463 g/mol. The van der Waals surface area contributed by atoms with Crippen LogP contribution < -0.4 is 9.62 Å². The Balaban J connectivity index is 1.64. The van der Waals surface area contributed by atoms with Gasteiger partial charge in [0.05, 0.1) is 16.3 Å². The van der Waals surface area contributed by atoms with Gasteiger partial charge in [-0.3, -0.25) is 14.4 Å². The highest BCUT2D eigenvalue weighted by Crippen LogP contribution is 2.43. The molecule has 0 bridgehead atoms. The molecule has 1 atom stereocenters. The molecule has 4 rings (SSSR count). The van der Waals surface area contributed by atoms with Gasteiger partial charge in [-0.1, -0.05) is 35.9 Å². The van der Waals surface area contributed by atoms with Crippen molar-refractivity contribution >= 4 is 50.7 Å². The molecule has 3 aromatic rings. The summed E-state index contributed by atoms with van der Waals surface area (Å²) >= 11 is 7.18. The Bertz CT molecular complexity index is 1200. The Hall–Kier alpha value is -2.55. The summed E-state index contributed by atoms with van der Waals surface area (Å²) in [4.78, 5) is 13.9. The Morgan fingerprint density at radius 3 is 2.50 bits per heavy atom. The molecule has 154 valence electrons. The molecule has 0 aliphatic carbocycles. The lowest BCUT2D eigenvalue weighted by atomic mass is 10.1. The second-order valence-electron chi connectivity index (χ2n) is 6.56. The first-order valence-corrected chi connectivity index (χ1v) is 11.8. The molecule has 9 heteroatoms. The van der Waals surface area contributed by atoms with Gasteiger partial charge < -0.3 is 0 Å². The second kappa shape index (κ2) is 8.29. The van der Waals surface area contributed by atoms with Crippen molar-refractivity contribution in [1.82, 2.24) is 0 Å². The molecule has 0 saturated carbocycles. The van der Waals surface area contributed by atoms with E-state index in [-0.39, 0.29) is 22.2 Å². The van der Waals surface area contributed by atoms with Crippen LogP contribution in [0.25, 0.3) is 0 Å². The number of rotatable bonds is 5. The highest BCUT2D eigenvalue weighted by atomic mass is 35.5. The van der Waals surface area contributed by atoms with Crippen LogP contribution in [0.3, 0.4) is 0 Å². The summed E-state index contributed by atoms with van der Waals surface area (Å²) < 4.78 is 42.2. The number of benzene rings is 3. The molecule has 0 unspecified atom stereocenters. The predicted molar refractivity (Wildman–Crippen MR) is 118 cm³/mol. The lowest BCUT2D eigenvalue weighted by molar-refractivity contribution is -0.115. The summed E-state index contributed by atoms with van der Waals surface area (Å²) in [5.41, 5.74) is 1.23. The van der Waals surface area contributed by atoms with E-state index in [1.54, 1.807) is 42.5 Å². The highest BCUT2D eigenvalue weighted by Gasteiger charge is 2.35. The molecule has 30 heavy (non-hydrogen) atoms. The van der Waals surface area contributed by atoms with Crippen molar-refractivity contribution in [3.63, 3.8) is 0 Å². The molecule has 1 heterocycles. The summed E-state index contributed by atoms with van der Waals surface area (Å²) in [7, 11) is -3.81. The number of amides is 1. The summed E-state index contributed by atoms with van der Waals surface area (Å²) in [5.74, 6) is -0.486. The molecule has 1 amide bonds. The van der Waals surface area contributed by atoms with Crippen LogP contribution in [0, 0.1) is 5.82 Å². The maximum Gasteiger partial charge on any atom is 0.261 e. The lowest BCUT2D eigenvalue weighted by Crippen LogP contribution is -2.28. The largest absolute Gasteiger partial charge is 0.292 e. The number of anilines is 2. The van der Waals surface area contributed by atoms with Crippen molar-refractivity contribution in [1.29, 1.82) is 0 Å². The Labute approximate surface area is 182 Å². The third-order valence-electron chi connectivity index (χ3n) is 4.53. The second-order valence-corrected chi connectivity index (χ2v) is 9.75. The molecule has 1 N–H and O–H groups in total. The number of carbonyl (C=O) groups excluding carboxylic acids is 1. The molecule has 3 aromatic carbocycles. The summed E-state index contributed by atoms with van der Waals surface area (Å²) in [6, 6.07) is 18.7. The van der Waals surface area contributed by atoms with Crippen LogP contribution in [-0.2, 0) is 14.8 Å². The van der Waals surface area contributed by atoms with Gasteiger partial charge >= 0.3 is 0 Å². The zero-order chi connectivity index (χ0) is 21.3. The maximum absolute atomic E-state index is 14.3. The van der Waals surface area contributed by atoms with Gasteiger partial charge in [-0.25, -0.2) is 12.8 Å².